The van der Waals surface area contributed by atoms with E-state index in [0.717, 1.165) is 24.2 Å². The van der Waals surface area contributed by atoms with E-state index in [4.69, 9.17) is 5.26 Å². The quantitative estimate of drug-likeness (QED) is 0.591. The van der Waals surface area contributed by atoms with Crippen LogP contribution in [-0.2, 0) is 11.2 Å². The zero-order valence-electron chi connectivity index (χ0n) is 11.7. The lowest BCUT2D eigenvalue weighted by Gasteiger charge is -2.07. The highest BCUT2D eigenvalue weighted by Gasteiger charge is 2.09. The maximum Gasteiger partial charge on any atom is 0.111 e. The van der Waals surface area contributed by atoms with Crippen molar-refractivity contribution in [2.75, 3.05) is 13.7 Å². The first kappa shape index (κ1) is 17.0. The van der Waals surface area contributed by atoms with Crippen molar-refractivity contribution < 1.29 is 4.74 Å². The molecule has 1 aromatic carbocycles. The Morgan fingerprint density at radius 3 is 2.53 bits per heavy atom. The van der Waals surface area contributed by atoms with E-state index in [0.29, 0.717) is 5.69 Å². The summed E-state index contributed by atoms with van der Waals surface area (Å²) in [5, 5.41) is 11.8. The van der Waals surface area contributed by atoms with Crippen molar-refractivity contribution in [3.8, 4) is 6.07 Å². The summed E-state index contributed by atoms with van der Waals surface area (Å²) in [6, 6.07) is 7.36. The lowest BCUT2D eigenvalue weighted by molar-refractivity contribution is 0.215. The molecule has 0 radical (unpaired) electrons. The summed E-state index contributed by atoms with van der Waals surface area (Å²) in [6.07, 6.45) is 2.31. The Kier molecular flexibility index (Phi) is 8.94. The number of ether oxygens (including phenoxy) is 1. The van der Waals surface area contributed by atoms with Crippen molar-refractivity contribution in [2.24, 2.45) is 5.18 Å². The molecule has 0 N–H and O–H groups in total. The molecule has 0 fully saturated rings. The standard InChI is InChI=1S/C12H12N2O.C3H8O/c1-3-9-7-11(10(4-2)8-13)5-6-12(9)14-15;1-3-4-2/h4-7,10H,2-3H2,1H3;3H2,1-2H3. The van der Waals surface area contributed by atoms with Gasteiger partial charge < -0.3 is 4.74 Å². The van der Waals surface area contributed by atoms with Crippen LogP contribution >= 0.6 is 0 Å². The number of hydrogen-bond acceptors (Lipinski definition) is 4. The Morgan fingerprint density at radius 1 is 1.53 bits per heavy atom. The van der Waals surface area contributed by atoms with Crippen molar-refractivity contribution in [1.29, 1.82) is 5.26 Å². The number of benzene rings is 1. The van der Waals surface area contributed by atoms with Gasteiger partial charge in [-0.05, 0) is 35.7 Å². The molecule has 0 aromatic heterocycles. The summed E-state index contributed by atoms with van der Waals surface area (Å²) in [5.41, 5.74) is 2.17. The predicted octanol–water partition coefficient (Wildman–Crippen LogP) is 4.09. The number of rotatable bonds is 5. The topological polar surface area (TPSA) is 62.5 Å². The minimum atomic E-state index is -0.323. The molecular formula is C15H20N2O2. The zero-order chi connectivity index (χ0) is 14.7. The van der Waals surface area contributed by atoms with Crippen LogP contribution in [-0.4, -0.2) is 13.7 Å². The number of nitroso groups, excluding NO2 is 1. The second kappa shape index (κ2) is 9.98. The van der Waals surface area contributed by atoms with Gasteiger partial charge in [0.15, 0.2) is 0 Å². The van der Waals surface area contributed by atoms with Crippen LogP contribution < -0.4 is 0 Å². The van der Waals surface area contributed by atoms with Crippen LogP contribution in [0.4, 0.5) is 5.69 Å². The van der Waals surface area contributed by atoms with Crippen LogP contribution in [0, 0.1) is 16.2 Å². The predicted molar refractivity (Wildman–Crippen MR) is 77.4 cm³/mol. The van der Waals surface area contributed by atoms with Gasteiger partial charge in [-0.3, -0.25) is 0 Å². The van der Waals surface area contributed by atoms with Gasteiger partial charge in [0, 0.05) is 13.7 Å². The largest absolute Gasteiger partial charge is 0.385 e. The second-order valence-corrected chi connectivity index (χ2v) is 3.75. The molecule has 0 aliphatic rings. The fourth-order valence-electron chi connectivity index (χ4n) is 1.43. The average molecular weight is 260 g/mol. The number of methoxy groups -OCH3 is 1. The Labute approximate surface area is 114 Å². The summed E-state index contributed by atoms with van der Waals surface area (Å²) in [4.78, 5) is 10.5. The van der Waals surface area contributed by atoms with Gasteiger partial charge in [0.05, 0.1) is 12.0 Å². The smallest absolute Gasteiger partial charge is 0.111 e. The number of nitriles is 1. The van der Waals surface area contributed by atoms with E-state index in [1.165, 1.54) is 0 Å². The van der Waals surface area contributed by atoms with E-state index in [9.17, 15) is 4.91 Å². The third kappa shape index (κ3) is 5.45. The first-order chi connectivity index (χ1) is 9.18. The third-order valence-corrected chi connectivity index (χ3v) is 2.61. The first-order valence-electron chi connectivity index (χ1n) is 6.15. The molecule has 4 nitrogen and oxygen atoms in total. The Balaban J connectivity index is 0.000000711. The van der Waals surface area contributed by atoms with E-state index < -0.39 is 0 Å². The summed E-state index contributed by atoms with van der Waals surface area (Å²) in [5.74, 6) is -0.323. The zero-order valence-corrected chi connectivity index (χ0v) is 11.7. The lowest BCUT2D eigenvalue weighted by atomic mass is 9.97. The average Bonchev–Trinajstić information content (AvgIpc) is 2.48. The van der Waals surface area contributed by atoms with E-state index in [2.05, 4.69) is 22.6 Å². The van der Waals surface area contributed by atoms with E-state index >= 15 is 0 Å². The van der Waals surface area contributed by atoms with Crippen molar-refractivity contribution in [3.05, 3.63) is 46.9 Å². The molecule has 19 heavy (non-hydrogen) atoms. The number of allylic oxidation sites excluding steroid dienone is 1. The molecule has 1 atom stereocenters. The summed E-state index contributed by atoms with van der Waals surface area (Å²) in [6.45, 7) is 8.32. The van der Waals surface area contributed by atoms with Gasteiger partial charge in [0.25, 0.3) is 0 Å². The molecule has 0 saturated carbocycles. The van der Waals surface area contributed by atoms with Gasteiger partial charge in [-0.15, -0.1) is 11.5 Å². The van der Waals surface area contributed by atoms with Crippen molar-refractivity contribution in [1.82, 2.24) is 0 Å². The van der Waals surface area contributed by atoms with E-state index in [1.807, 2.05) is 19.9 Å². The molecule has 0 amide bonds. The fraction of sp³-hybridized carbons (Fsp3) is 0.400. The number of aryl methyl sites for hydroxylation is 1. The summed E-state index contributed by atoms with van der Waals surface area (Å²) < 4.78 is 4.54. The molecule has 1 rings (SSSR count). The molecule has 0 aliphatic heterocycles. The molecule has 1 unspecified atom stereocenters. The minimum Gasteiger partial charge on any atom is -0.385 e. The monoisotopic (exact) mass is 260 g/mol. The molecule has 1 aromatic rings. The molecule has 4 heteroatoms. The molecule has 102 valence electrons. The van der Waals surface area contributed by atoms with Crippen molar-refractivity contribution >= 4 is 5.69 Å². The van der Waals surface area contributed by atoms with Crippen LogP contribution in [0.15, 0.2) is 36.0 Å². The van der Waals surface area contributed by atoms with Gasteiger partial charge in [-0.25, -0.2) is 0 Å². The second-order valence-electron chi connectivity index (χ2n) is 3.75. The SMILES string of the molecule is C=CC(C#N)c1ccc(N=O)c(CC)c1.CCOC. The van der Waals surface area contributed by atoms with Crippen LogP contribution in [0.2, 0.25) is 0 Å². The molecule has 0 aliphatic carbocycles. The first-order valence-corrected chi connectivity index (χ1v) is 6.15. The molecule has 0 spiro atoms. The molecule has 0 bridgehead atoms. The normalized spacial score (nSPS) is 10.6. The molecule has 0 saturated heterocycles. The van der Waals surface area contributed by atoms with Gasteiger partial charge in [-0.1, -0.05) is 25.1 Å². The maximum atomic E-state index is 10.5. The van der Waals surface area contributed by atoms with Crippen molar-refractivity contribution in [3.63, 3.8) is 0 Å². The highest BCUT2D eigenvalue weighted by atomic mass is 16.5. The Bertz CT molecular complexity index is 448. The van der Waals surface area contributed by atoms with Crippen molar-refractivity contribution in [2.45, 2.75) is 26.2 Å². The van der Waals surface area contributed by atoms with Crippen LogP contribution in [0.1, 0.15) is 30.9 Å². The van der Waals surface area contributed by atoms with Gasteiger partial charge in [-0.2, -0.15) is 5.26 Å². The van der Waals surface area contributed by atoms with E-state index in [1.54, 1.807) is 25.3 Å². The minimum absolute atomic E-state index is 0.323. The molecular weight excluding hydrogens is 240 g/mol. The number of nitrogens with zero attached hydrogens (tertiary/aromatic N) is 2. The van der Waals surface area contributed by atoms with Crippen LogP contribution in [0.25, 0.3) is 0 Å². The van der Waals surface area contributed by atoms with E-state index in [-0.39, 0.29) is 5.92 Å². The van der Waals surface area contributed by atoms with Crippen LogP contribution in [0.3, 0.4) is 0 Å². The number of hydrogen-bond donors (Lipinski definition) is 0. The van der Waals surface area contributed by atoms with Crippen LogP contribution in [0.5, 0.6) is 0 Å². The fourth-order valence-corrected chi connectivity index (χ4v) is 1.43. The highest BCUT2D eigenvalue weighted by Crippen LogP contribution is 2.25. The third-order valence-electron chi connectivity index (χ3n) is 2.61. The summed E-state index contributed by atoms with van der Waals surface area (Å²) in [7, 11) is 1.68. The molecule has 0 heterocycles. The Morgan fingerprint density at radius 2 is 2.16 bits per heavy atom. The van der Waals surface area contributed by atoms with Gasteiger partial charge >= 0.3 is 0 Å². The highest BCUT2D eigenvalue weighted by molar-refractivity contribution is 5.49. The van der Waals surface area contributed by atoms with Gasteiger partial charge in [0.2, 0.25) is 0 Å². The summed E-state index contributed by atoms with van der Waals surface area (Å²) >= 11 is 0. The maximum absolute atomic E-state index is 10.5. The lowest BCUT2D eigenvalue weighted by Crippen LogP contribution is -1.93. The Hall–Kier alpha value is -1.99. The van der Waals surface area contributed by atoms with Gasteiger partial charge in [0.1, 0.15) is 5.69 Å².